The lowest BCUT2D eigenvalue weighted by molar-refractivity contribution is 0.125. The van der Waals surface area contributed by atoms with Gasteiger partial charge < -0.3 is 18.5 Å². The predicted molar refractivity (Wildman–Crippen MR) is 50.0 cm³/mol. The SMILES string of the molecule is CCO[Si](O)(CCN(C)C)OC. The van der Waals surface area contributed by atoms with E-state index >= 15 is 0 Å². The van der Waals surface area contributed by atoms with Crippen LogP contribution in [0.4, 0.5) is 0 Å². The third kappa shape index (κ3) is 4.84. The minimum Gasteiger partial charge on any atom is -0.390 e. The Morgan fingerprint density at radius 1 is 1.42 bits per heavy atom. The summed E-state index contributed by atoms with van der Waals surface area (Å²) in [6.45, 7) is 3.15. The zero-order valence-electron chi connectivity index (χ0n) is 8.33. The van der Waals surface area contributed by atoms with Crippen LogP contribution >= 0.6 is 0 Å². The number of rotatable bonds is 6. The molecule has 5 heteroatoms. The van der Waals surface area contributed by atoms with E-state index < -0.39 is 8.80 Å². The van der Waals surface area contributed by atoms with Crippen molar-refractivity contribution >= 4 is 8.80 Å². The van der Waals surface area contributed by atoms with Crippen LogP contribution in [0.15, 0.2) is 0 Å². The van der Waals surface area contributed by atoms with Crippen LogP contribution in [-0.2, 0) is 8.85 Å². The summed E-state index contributed by atoms with van der Waals surface area (Å²) in [4.78, 5) is 11.7. The summed E-state index contributed by atoms with van der Waals surface area (Å²) in [5, 5.41) is 0. The molecule has 0 aromatic carbocycles. The van der Waals surface area contributed by atoms with E-state index in [0.29, 0.717) is 12.7 Å². The summed E-state index contributed by atoms with van der Waals surface area (Å²) in [6, 6.07) is 0.588. The van der Waals surface area contributed by atoms with Crippen LogP contribution in [0, 0.1) is 0 Å². The van der Waals surface area contributed by atoms with Gasteiger partial charge in [0.1, 0.15) is 0 Å². The Labute approximate surface area is 75.5 Å². The van der Waals surface area contributed by atoms with Crippen molar-refractivity contribution in [1.29, 1.82) is 0 Å². The number of nitrogens with zero attached hydrogens (tertiary/aromatic N) is 1. The fourth-order valence-corrected chi connectivity index (χ4v) is 2.47. The van der Waals surface area contributed by atoms with E-state index in [2.05, 4.69) is 0 Å². The molecule has 0 saturated carbocycles. The molecule has 1 unspecified atom stereocenters. The maximum absolute atomic E-state index is 9.74. The predicted octanol–water partition coefficient (Wildman–Crippen LogP) is 0.162. The lowest BCUT2D eigenvalue weighted by Crippen LogP contribution is -2.43. The van der Waals surface area contributed by atoms with Gasteiger partial charge >= 0.3 is 8.80 Å². The minimum atomic E-state index is -2.83. The normalized spacial score (nSPS) is 16.5. The highest BCUT2D eigenvalue weighted by atomic mass is 28.4. The van der Waals surface area contributed by atoms with Crippen molar-refractivity contribution < 1.29 is 13.6 Å². The first-order valence-corrected chi connectivity index (χ1v) is 6.07. The van der Waals surface area contributed by atoms with E-state index in [-0.39, 0.29) is 0 Å². The first kappa shape index (κ1) is 12.1. The molecule has 0 aliphatic rings. The zero-order chi connectivity index (χ0) is 9.61. The third-order valence-corrected chi connectivity index (χ3v) is 3.80. The highest BCUT2D eigenvalue weighted by Crippen LogP contribution is 2.08. The monoisotopic (exact) mass is 193 g/mol. The zero-order valence-corrected chi connectivity index (χ0v) is 9.33. The van der Waals surface area contributed by atoms with Gasteiger partial charge in [-0.05, 0) is 21.0 Å². The average Bonchev–Trinajstić information content (AvgIpc) is 2.02. The standard InChI is InChI=1S/C7H19NO3Si/c1-5-11-12(9,10-4)7-6-8(2)3/h9H,5-7H2,1-4H3. The highest BCUT2D eigenvalue weighted by molar-refractivity contribution is 6.59. The molecule has 1 atom stereocenters. The Kier molecular flexibility index (Phi) is 5.69. The van der Waals surface area contributed by atoms with Crippen molar-refractivity contribution in [3.8, 4) is 0 Å². The molecular formula is C7H19NO3Si. The van der Waals surface area contributed by atoms with Crippen LogP contribution in [-0.4, -0.2) is 52.9 Å². The molecule has 0 aliphatic heterocycles. The smallest absolute Gasteiger partial charge is 0.390 e. The molecule has 0 fully saturated rings. The van der Waals surface area contributed by atoms with Crippen LogP contribution in [0.3, 0.4) is 0 Å². The van der Waals surface area contributed by atoms with Gasteiger partial charge in [-0.1, -0.05) is 0 Å². The van der Waals surface area contributed by atoms with Crippen molar-refractivity contribution in [1.82, 2.24) is 4.90 Å². The van der Waals surface area contributed by atoms with E-state index in [0.717, 1.165) is 6.54 Å². The fourth-order valence-electron chi connectivity index (χ4n) is 0.824. The molecule has 0 aliphatic carbocycles. The van der Waals surface area contributed by atoms with Gasteiger partial charge in [0.2, 0.25) is 0 Å². The van der Waals surface area contributed by atoms with Crippen LogP contribution in [0.2, 0.25) is 6.04 Å². The second kappa shape index (κ2) is 5.66. The molecule has 0 saturated heterocycles. The quantitative estimate of drug-likeness (QED) is 0.610. The lowest BCUT2D eigenvalue weighted by atomic mass is 10.7. The van der Waals surface area contributed by atoms with Crippen molar-refractivity contribution in [2.24, 2.45) is 0 Å². The molecule has 0 bridgehead atoms. The Morgan fingerprint density at radius 2 is 2.00 bits per heavy atom. The van der Waals surface area contributed by atoms with Gasteiger partial charge in [-0.2, -0.15) is 0 Å². The summed E-state index contributed by atoms with van der Waals surface area (Å²) in [5.74, 6) is 0. The van der Waals surface area contributed by atoms with Crippen molar-refractivity contribution in [2.45, 2.75) is 13.0 Å². The average molecular weight is 193 g/mol. The molecular weight excluding hydrogens is 174 g/mol. The van der Waals surface area contributed by atoms with Crippen molar-refractivity contribution in [3.05, 3.63) is 0 Å². The van der Waals surface area contributed by atoms with Gasteiger partial charge in [-0.15, -0.1) is 0 Å². The van der Waals surface area contributed by atoms with Gasteiger partial charge in [-0.25, -0.2) is 0 Å². The van der Waals surface area contributed by atoms with Crippen LogP contribution in [0.25, 0.3) is 0 Å². The van der Waals surface area contributed by atoms with Crippen molar-refractivity contribution in [2.75, 3.05) is 34.4 Å². The first-order chi connectivity index (χ1) is 5.54. The molecule has 0 spiro atoms. The molecule has 0 rings (SSSR count). The Hall–Kier alpha value is 0.0569. The van der Waals surface area contributed by atoms with Crippen LogP contribution in [0.1, 0.15) is 6.92 Å². The highest BCUT2D eigenvalue weighted by Gasteiger charge is 2.34. The maximum Gasteiger partial charge on any atom is 0.499 e. The Balaban J connectivity index is 3.78. The largest absolute Gasteiger partial charge is 0.499 e. The van der Waals surface area contributed by atoms with Crippen molar-refractivity contribution in [3.63, 3.8) is 0 Å². The maximum atomic E-state index is 9.74. The summed E-state index contributed by atoms with van der Waals surface area (Å²) in [7, 11) is 2.58. The Bertz CT molecular complexity index is 123. The van der Waals surface area contributed by atoms with Gasteiger partial charge in [0.25, 0.3) is 0 Å². The Morgan fingerprint density at radius 3 is 2.33 bits per heavy atom. The van der Waals surface area contributed by atoms with E-state index in [4.69, 9.17) is 8.85 Å². The second-order valence-electron chi connectivity index (χ2n) is 2.90. The van der Waals surface area contributed by atoms with E-state index in [1.54, 1.807) is 0 Å². The molecule has 0 radical (unpaired) electrons. The molecule has 0 heterocycles. The molecule has 4 nitrogen and oxygen atoms in total. The van der Waals surface area contributed by atoms with Gasteiger partial charge in [0.05, 0.1) is 0 Å². The van der Waals surface area contributed by atoms with Gasteiger partial charge in [0, 0.05) is 26.3 Å². The molecule has 12 heavy (non-hydrogen) atoms. The molecule has 0 aromatic heterocycles. The summed E-state index contributed by atoms with van der Waals surface area (Å²) in [6.07, 6.45) is 0. The van der Waals surface area contributed by atoms with Gasteiger partial charge in [-0.3, -0.25) is 0 Å². The van der Waals surface area contributed by atoms with E-state index in [1.165, 1.54) is 7.11 Å². The lowest BCUT2D eigenvalue weighted by Gasteiger charge is -2.22. The van der Waals surface area contributed by atoms with Crippen LogP contribution < -0.4 is 0 Å². The third-order valence-electron chi connectivity index (χ3n) is 1.56. The topological polar surface area (TPSA) is 41.9 Å². The van der Waals surface area contributed by atoms with Gasteiger partial charge in [0.15, 0.2) is 0 Å². The second-order valence-corrected chi connectivity index (χ2v) is 5.53. The molecule has 74 valence electrons. The number of hydrogen-bond donors (Lipinski definition) is 1. The minimum absolute atomic E-state index is 0.504. The summed E-state index contributed by atoms with van der Waals surface area (Å²) in [5.41, 5.74) is 0. The molecule has 0 aromatic rings. The van der Waals surface area contributed by atoms with E-state index in [9.17, 15) is 4.80 Å². The molecule has 0 amide bonds. The fraction of sp³-hybridized carbons (Fsp3) is 1.00. The first-order valence-electron chi connectivity index (χ1n) is 4.10. The summed E-state index contributed by atoms with van der Waals surface area (Å²) >= 11 is 0. The van der Waals surface area contributed by atoms with Crippen LogP contribution in [0.5, 0.6) is 0 Å². The molecule has 1 N–H and O–H groups in total. The van der Waals surface area contributed by atoms with E-state index in [1.807, 2.05) is 25.9 Å². The number of hydrogen-bond acceptors (Lipinski definition) is 4. The summed E-state index contributed by atoms with van der Waals surface area (Å²) < 4.78 is 10.1.